The standard InChI is InChI=1S/C25H29F2N3O2/c1-17(2)29-14-22(31)30(18(3)19-10-12-20(13-11-19)24(4,26)27)25(23(29)32)15-28(16-25)21-8-6-5-7-9-21/h5-13,17-18H,14-16H2,1-4H3/t18-/m0/s1. The molecule has 4 rings (SSSR count). The minimum atomic E-state index is -2.93. The maximum atomic E-state index is 13.6. The Kier molecular flexibility index (Phi) is 5.47. The quantitative estimate of drug-likeness (QED) is 0.699. The zero-order valence-corrected chi connectivity index (χ0v) is 18.9. The summed E-state index contributed by atoms with van der Waals surface area (Å²) in [7, 11) is 0. The van der Waals surface area contributed by atoms with Gasteiger partial charge in [0.25, 0.3) is 11.8 Å². The van der Waals surface area contributed by atoms with Crippen LogP contribution in [0.2, 0.25) is 0 Å². The minimum Gasteiger partial charge on any atom is -0.366 e. The van der Waals surface area contributed by atoms with Crippen LogP contribution >= 0.6 is 0 Å². The van der Waals surface area contributed by atoms with Crippen LogP contribution in [-0.4, -0.2) is 52.8 Å². The van der Waals surface area contributed by atoms with Crippen molar-refractivity contribution in [2.75, 3.05) is 24.5 Å². The molecule has 0 N–H and O–H groups in total. The highest BCUT2D eigenvalue weighted by atomic mass is 19.3. The number of benzene rings is 2. The van der Waals surface area contributed by atoms with Crippen molar-refractivity contribution in [3.63, 3.8) is 0 Å². The predicted octanol–water partition coefficient (Wildman–Crippen LogP) is 4.20. The van der Waals surface area contributed by atoms with Crippen LogP contribution in [-0.2, 0) is 15.5 Å². The highest BCUT2D eigenvalue weighted by Crippen LogP contribution is 2.42. The average molecular weight is 442 g/mol. The SMILES string of the molecule is CC(C)N1CC(=O)N([C@@H](C)c2ccc(C(C)(F)F)cc2)C2(CN(c3ccccc3)C2)C1=O. The molecule has 2 amide bonds. The smallest absolute Gasteiger partial charge is 0.270 e. The first-order chi connectivity index (χ1) is 15.0. The Balaban J connectivity index is 1.67. The van der Waals surface area contributed by atoms with Gasteiger partial charge in [-0.3, -0.25) is 9.59 Å². The Morgan fingerprint density at radius 2 is 1.53 bits per heavy atom. The number of halogens is 2. The second-order valence-corrected chi connectivity index (χ2v) is 9.20. The van der Waals surface area contributed by atoms with E-state index in [9.17, 15) is 18.4 Å². The van der Waals surface area contributed by atoms with E-state index in [1.165, 1.54) is 12.1 Å². The van der Waals surface area contributed by atoms with Crippen LogP contribution in [0.1, 0.15) is 44.9 Å². The molecule has 2 heterocycles. The molecule has 2 aromatic carbocycles. The molecular weight excluding hydrogens is 412 g/mol. The number of carbonyl (C=O) groups is 2. The molecular formula is C25H29F2N3O2. The Morgan fingerprint density at radius 3 is 2.06 bits per heavy atom. The second-order valence-electron chi connectivity index (χ2n) is 9.20. The molecule has 2 aromatic rings. The Labute approximate surface area is 187 Å². The molecule has 1 spiro atoms. The highest BCUT2D eigenvalue weighted by Gasteiger charge is 2.61. The van der Waals surface area contributed by atoms with Crippen LogP contribution in [0, 0.1) is 0 Å². The first-order valence-corrected chi connectivity index (χ1v) is 11.0. The molecule has 2 fully saturated rings. The largest absolute Gasteiger partial charge is 0.366 e. The number of hydrogen-bond donors (Lipinski definition) is 0. The first-order valence-electron chi connectivity index (χ1n) is 11.0. The Hall–Kier alpha value is -2.96. The number of anilines is 1. The molecule has 1 atom stereocenters. The number of para-hydroxylation sites is 1. The zero-order chi connectivity index (χ0) is 23.3. The molecule has 2 saturated heterocycles. The monoisotopic (exact) mass is 441 g/mol. The third kappa shape index (κ3) is 3.63. The van der Waals surface area contributed by atoms with Gasteiger partial charge < -0.3 is 14.7 Å². The molecule has 0 aliphatic carbocycles. The van der Waals surface area contributed by atoms with Gasteiger partial charge in [0.2, 0.25) is 5.91 Å². The molecule has 2 aliphatic heterocycles. The van der Waals surface area contributed by atoms with E-state index < -0.39 is 17.5 Å². The van der Waals surface area contributed by atoms with E-state index in [0.717, 1.165) is 18.2 Å². The maximum Gasteiger partial charge on any atom is 0.270 e. The van der Waals surface area contributed by atoms with Crippen molar-refractivity contribution in [3.8, 4) is 0 Å². The van der Waals surface area contributed by atoms with Crippen LogP contribution in [0.25, 0.3) is 0 Å². The van der Waals surface area contributed by atoms with Crippen molar-refractivity contribution < 1.29 is 18.4 Å². The topological polar surface area (TPSA) is 43.9 Å². The van der Waals surface area contributed by atoms with Crippen LogP contribution < -0.4 is 4.90 Å². The van der Waals surface area contributed by atoms with Gasteiger partial charge in [0.05, 0.1) is 19.1 Å². The summed E-state index contributed by atoms with van der Waals surface area (Å²) in [5, 5.41) is 0. The van der Waals surface area contributed by atoms with Crippen molar-refractivity contribution in [1.82, 2.24) is 9.80 Å². The third-order valence-electron chi connectivity index (χ3n) is 6.63. The molecule has 0 radical (unpaired) electrons. The number of nitrogens with zero attached hydrogens (tertiary/aromatic N) is 3. The fourth-order valence-corrected chi connectivity index (χ4v) is 4.80. The number of hydrogen-bond acceptors (Lipinski definition) is 3. The van der Waals surface area contributed by atoms with Crippen molar-refractivity contribution in [2.45, 2.75) is 51.2 Å². The summed E-state index contributed by atoms with van der Waals surface area (Å²) < 4.78 is 27.3. The van der Waals surface area contributed by atoms with E-state index >= 15 is 0 Å². The van der Waals surface area contributed by atoms with E-state index in [4.69, 9.17) is 0 Å². The Bertz CT molecular complexity index is 996. The molecule has 0 unspecified atom stereocenters. The van der Waals surface area contributed by atoms with Gasteiger partial charge in [0.1, 0.15) is 6.54 Å². The highest BCUT2D eigenvalue weighted by molar-refractivity contribution is 6.01. The van der Waals surface area contributed by atoms with Crippen molar-refractivity contribution in [1.29, 1.82) is 0 Å². The van der Waals surface area contributed by atoms with Crippen molar-refractivity contribution in [2.24, 2.45) is 0 Å². The molecule has 0 bridgehead atoms. The Morgan fingerprint density at radius 1 is 0.938 bits per heavy atom. The lowest BCUT2D eigenvalue weighted by molar-refractivity contribution is -0.172. The normalized spacial score (nSPS) is 19.5. The van der Waals surface area contributed by atoms with E-state index in [1.807, 2.05) is 51.1 Å². The van der Waals surface area contributed by atoms with Crippen LogP contribution in [0.4, 0.5) is 14.5 Å². The summed E-state index contributed by atoms with van der Waals surface area (Å²) in [6, 6.07) is 15.3. The summed E-state index contributed by atoms with van der Waals surface area (Å²) in [5.74, 6) is -3.10. The fourth-order valence-electron chi connectivity index (χ4n) is 4.80. The maximum absolute atomic E-state index is 13.6. The van der Waals surface area contributed by atoms with Gasteiger partial charge in [0, 0.05) is 24.2 Å². The summed E-state index contributed by atoms with van der Waals surface area (Å²) >= 11 is 0. The number of piperazine rings is 1. The summed E-state index contributed by atoms with van der Waals surface area (Å²) in [6.45, 7) is 7.38. The van der Waals surface area contributed by atoms with E-state index in [2.05, 4.69) is 4.90 Å². The van der Waals surface area contributed by atoms with Gasteiger partial charge >= 0.3 is 0 Å². The summed E-state index contributed by atoms with van der Waals surface area (Å²) in [4.78, 5) is 32.4. The van der Waals surface area contributed by atoms with Gasteiger partial charge in [-0.25, -0.2) is 8.78 Å². The predicted molar refractivity (Wildman–Crippen MR) is 120 cm³/mol. The third-order valence-corrected chi connectivity index (χ3v) is 6.63. The number of carbonyl (C=O) groups excluding carboxylic acids is 2. The molecule has 5 nitrogen and oxygen atoms in total. The average Bonchev–Trinajstić information content (AvgIpc) is 2.72. The number of alkyl halides is 2. The van der Waals surface area contributed by atoms with Gasteiger partial charge in [-0.1, -0.05) is 42.5 Å². The molecule has 32 heavy (non-hydrogen) atoms. The fraction of sp³-hybridized carbons (Fsp3) is 0.440. The van der Waals surface area contributed by atoms with Crippen LogP contribution in [0.3, 0.4) is 0 Å². The molecule has 170 valence electrons. The zero-order valence-electron chi connectivity index (χ0n) is 18.9. The van der Waals surface area contributed by atoms with Gasteiger partial charge in [-0.05, 0) is 38.5 Å². The molecule has 7 heteroatoms. The van der Waals surface area contributed by atoms with Crippen LogP contribution in [0.15, 0.2) is 54.6 Å². The molecule has 0 aromatic heterocycles. The van der Waals surface area contributed by atoms with E-state index in [-0.39, 0.29) is 30.0 Å². The summed E-state index contributed by atoms with van der Waals surface area (Å²) in [5.41, 5.74) is 0.688. The molecule has 0 saturated carbocycles. The second kappa shape index (κ2) is 7.87. The van der Waals surface area contributed by atoms with E-state index in [1.54, 1.807) is 21.9 Å². The van der Waals surface area contributed by atoms with Gasteiger partial charge in [0.15, 0.2) is 5.54 Å². The lowest BCUT2D eigenvalue weighted by Gasteiger charge is -2.60. The molecule has 2 aliphatic rings. The lowest BCUT2D eigenvalue weighted by atomic mass is 9.81. The van der Waals surface area contributed by atoms with Gasteiger partial charge in [-0.2, -0.15) is 0 Å². The van der Waals surface area contributed by atoms with Crippen molar-refractivity contribution >= 4 is 17.5 Å². The number of amides is 2. The van der Waals surface area contributed by atoms with E-state index in [0.29, 0.717) is 13.1 Å². The lowest BCUT2D eigenvalue weighted by Crippen LogP contribution is -2.81. The minimum absolute atomic E-state index is 0.0268. The van der Waals surface area contributed by atoms with Crippen LogP contribution in [0.5, 0.6) is 0 Å². The van der Waals surface area contributed by atoms with Crippen molar-refractivity contribution in [3.05, 3.63) is 65.7 Å². The summed E-state index contributed by atoms with van der Waals surface area (Å²) in [6.07, 6.45) is 0. The van der Waals surface area contributed by atoms with Gasteiger partial charge in [-0.15, -0.1) is 0 Å². The number of rotatable bonds is 5. The first kappa shape index (κ1) is 22.2.